The first-order valence-electron chi connectivity index (χ1n) is 9.03. The molecule has 2 heterocycles. The van der Waals surface area contributed by atoms with Crippen LogP contribution in [-0.4, -0.2) is 34.6 Å². The van der Waals surface area contributed by atoms with Gasteiger partial charge in [0.05, 0.1) is 11.3 Å². The van der Waals surface area contributed by atoms with Crippen molar-refractivity contribution in [3.8, 4) is 0 Å². The van der Waals surface area contributed by atoms with Gasteiger partial charge in [-0.05, 0) is 49.7 Å². The molecule has 1 aromatic carbocycles. The third kappa shape index (κ3) is 3.04. The topological polar surface area (TPSA) is 33.2 Å². The van der Waals surface area contributed by atoms with Crippen molar-refractivity contribution in [2.45, 2.75) is 43.9 Å². The molecule has 1 fully saturated rings. The SMILES string of the molecule is CC1CCN(C(=O)CSc2c3c(nc4ccccc24)CCC3)CC1. The van der Waals surface area contributed by atoms with E-state index >= 15 is 0 Å². The Morgan fingerprint density at radius 1 is 1.25 bits per heavy atom. The Hall–Kier alpha value is -1.55. The third-order valence-electron chi connectivity index (χ3n) is 5.34. The second-order valence-corrected chi connectivity index (χ2v) is 8.07. The molecule has 4 rings (SSSR count). The van der Waals surface area contributed by atoms with Crippen LogP contribution < -0.4 is 0 Å². The Bertz CT molecular complexity index is 766. The molecule has 2 aliphatic rings. The van der Waals surface area contributed by atoms with E-state index < -0.39 is 0 Å². The van der Waals surface area contributed by atoms with Crippen LogP contribution in [0.15, 0.2) is 29.2 Å². The summed E-state index contributed by atoms with van der Waals surface area (Å²) >= 11 is 1.73. The van der Waals surface area contributed by atoms with Crippen molar-refractivity contribution in [2.24, 2.45) is 5.92 Å². The highest BCUT2D eigenvalue weighted by Gasteiger charge is 2.23. The molecule has 3 nitrogen and oxygen atoms in total. The highest BCUT2D eigenvalue weighted by atomic mass is 32.2. The van der Waals surface area contributed by atoms with E-state index in [0.717, 1.165) is 50.2 Å². The normalized spacial score (nSPS) is 18.1. The lowest BCUT2D eigenvalue weighted by Crippen LogP contribution is -2.38. The average molecular weight is 340 g/mol. The zero-order chi connectivity index (χ0) is 16.5. The lowest BCUT2D eigenvalue weighted by Gasteiger charge is -2.30. The van der Waals surface area contributed by atoms with Crippen LogP contribution in [0.3, 0.4) is 0 Å². The number of carbonyl (C=O) groups is 1. The number of fused-ring (bicyclic) bond motifs is 2. The summed E-state index contributed by atoms with van der Waals surface area (Å²) in [4.78, 5) is 20.8. The maximum atomic E-state index is 12.6. The molecule has 0 spiro atoms. The minimum atomic E-state index is 0.291. The molecule has 2 aromatic rings. The quantitative estimate of drug-likeness (QED) is 0.790. The van der Waals surface area contributed by atoms with Crippen molar-refractivity contribution in [3.05, 3.63) is 35.5 Å². The second kappa shape index (κ2) is 6.75. The number of benzene rings is 1. The van der Waals surface area contributed by atoms with Gasteiger partial charge in [0.25, 0.3) is 0 Å². The first kappa shape index (κ1) is 15.9. The molecule has 0 atom stereocenters. The Kier molecular flexibility index (Phi) is 4.49. The lowest BCUT2D eigenvalue weighted by molar-refractivity contribution is -0.129. The van der Waals surface area contributed by atoms with Crippen LogP contribution in [0.2, 0.25) is 0 Å². The van der Waals surface area contributed by atoms with Gasteiger partial charge in [0.1, 0.15) is 0 Å². The van der Waals surface area contributed by atoms with Gasteiger partial charge in [0, 0.05) is 29.1 Å². The molecular formula is C20H24N2OS. The number of rotatable bonds is 3. The van der Waals surface area contributed by atoms with Crippen LogP contribution in [0, 0.1) is 5.92 Å². The van der Waals surface area contributed by atoms with Crippen molar-refractivity contribution in [1.29, 1.82) is 0 Å². The van der Waals surface area contributed by atoms with Gasteiger partial charge < -0.3 is 4.90 Å². The van der Waals surface area contributed by atoms with Gasteiger partial charge in [-0.2, -0.15) is 0 Å². The molecule has 24 heavy (non-hydrogen) atoms. The first-order valence-corrected chi connectivity index (χ1v) is 10.0. The van der Waals surface area contributed by atoms with Gasteiger partial charge in [-0.15, -0.1) is 11.8 Å². The van der Waals surface area contributed by atoms with Crippen LogP contribution in [0.1, 0.15) is 37.4 Å². The molecule has 0 bridgehead atoms. The van der Waals surface area contributed by atoms with Crippen LogP contribution in [0.25, 0.3) is 10.9 Å². The van der Waals surface area contributed by atoms with E-state index in [-0.39, 0.29) is 0 Å². The Morgan fingerprint density at radius 2 is 2.04 bits per heavy atom. The molecule has 0 radical (unpaired) electrons. The van der Waals surface area contributed by atoms with E-state index in [1.807, 2.05) is 6.07 Å². The highest BCUT2D eigenvalue weighted by molar-refractivity contribution is 8.00. The van der Waals surface area contributed by atoms with Gasteiger partial charge in [-0.1, -0.05) is 25.1 Å². The molecule has 1 aliphatic heterocycles. The largest absolute Gasteiger partial charge is 0.342 e. The van der Waals surface area contributed by atoms with Crippen molar-refractivity contribution in [2.75, 3.05) is 18.8 Å². The summed E-state index contributed by atoms with van der Waals surface area (Å²) < 4.78 is 0. The zero-order valence-corrected chi connectivity index (χ0v) is 15.1. The van der Waals surface area contributed by atoms with E-state index in [9.17, 15) is 4.79 Å². The van der Waals surface area contributed by atoms with Crippen LogP contribution >= 0.6 is 11.8 Å². The third-order valence-corrected chi connectivity index (χ3v) is 6.49. The number of aromatic nitrogens is 1. The summed E-state index contributed by atoms with van der Waals surface area (Å²) in [5.74, 6) is 1.60. The number of hydrogen-bond donors (Lipinski definition) is 0. The Morgan fingerprint density at radius 3 is 2.88 bits per heavy atom. The fourth-order valence-corrected chi connectivity index (χ4v) is 4.99. The smallest absolute Gasteiger partial charge is 0.232 e. The van der Waals surface area contributed by atoms with Gasteiger partial charge in [-0.25, -0.2) is 0 Å². The fraction of sp³-hybridized carbons (Fsp3) is 0.500. The lowest BCUT2D eigenvalue weighted by atomic mass is 9.99. The monoisotopic (exact) mass is 340 g/mol. The number of amides is 1. The Labute approximate surface area is 147 Å². The summed E-state index contributed by atoms with van der Waals surface area (Å²) in [5.41, 5.74) is 3.70. The van der Waals surface area contributed by atoms with Crippen molar-refractivity contribution >= 4 is 28.6 Å². The van der Waals surface area contributed by atoms with Gasteiger partial charge >= 0.3 is 0 Å². The molecular weight excluding hydrogens is 316 g/mol. The van der Waals surface area contributed by atoms with Crippen LogP contribution in [0.4, 0.5) is 0 Å². The molecule has 126 valence electrons. The number of nitrogens with zero attached hydrogens (tertiary/aromatic N) is 2. The van der Waals surface area contributed by atoms with Crippen LogP contribution in [0.5, 0.6) is 0 Å². The molecule has 1 aliphatic carbocycles. The number of para-hydroxylation sites is 1. The first-order chi connectivity index (χ1) is 11.7. The number of thioether (sulfide) groups is 1. The zero-order valence-electron chi connectivity index (χ0n) is 14.3. The number of likely N-dealkylation sites (tertiary alicyclic amines) is 1. The van der Waals surface area contributed by atoms with Crippen molar-refractivity contribution in [1.82, 2.24) is 9.88 Å². The maximum absolute atomic E-state index is 12.6. The number of carbonyl (C=O) groups excluding carboxylic acids is 1. The summed E-state index contributed by atoms with van der Waals surface area (Å²) in [6.07, 6.45) is 5.65. The van der Waals surface area contributed by atoms with Gasteiger partial charge in [-0.3, -0.25) is 9.78 Å². The van der Waals surface area contributed by atoms with E-state index in [1.165, 1.54) is 28.0 Å². The predicted molar refractivity (Wildman–Crippen MR) is 99.5 cm³/mol. The summed E-state index contributed by atoms with van der Waals surface area (Å²) in [6.45, 7) is 4.13. The minimum absolute atomic E-state index is 0.291. The van der Waals surface area contributed by atoms with Gasteiger partial charge in [0.2, 0.25) is 5.91 Å². The molecule has 1 saturated heterocycles. The number of pyridine rings is 1. The molecule has 1 aromatic heterocycles. The molecule has 0 unspecified atom stereocenters. The standard InChI is InChI=1S/C20H24N2OS/c1-14-9-11-22(12-10-14)19(23)13-24-20-15-5-2-3-7-17(15)21-18-8-4-6-16(18)20/h2-3,5,7,14H,4,6,8-13H2,1H3. The fourth-order valence-electron chi connectivity index (χ4n) is 3.81. The molecule has 0 saturated carbocycles. The number of hydrogen-bond acceptors (Lipinski definition) is 3. The number of aryl methyl sites for hydroxylation is 1. The Balaban J connectivity index is 1.55. The highest BCUT2D eigenvalue weighted by Crippen LogP contribution is 2.36. The second-order valence-electron chi connectivity index (χ2n) is 7.09. The van der Waals surface area contributed by atoms with Gasteiger partial charge in [0.15, 0.2) is 0 Å². The molecule has 4 heteroatoms. The summed E-state index contributed by atoms with van der Waals surface area (Å²) in [6, 6.07) is 8.36. The number of piperidine rings is 1. The van der Waals surface area contributed by atoms with E-state index in [4.69, 9.17) is 4.98 Å². The molecule has 0 N–H and O–H groups in total. The predicted octanol–water partition coefficient (Wildman–Crippen LogP) is 4.07. The van der Waals surface area contributed by atoms with Crippen molar-refractivity contribution in [3.63, 3.8) is 0 Å². The van der Waals surface area contributed by atoms with Crippen LogP contribution in [-0.2, 0) is 17.6 Å². The van der Waals surface area contributed by atoms with E-state index in [1.54, 1.807) is 11.8 Å². The van der Waals surface area contributed by atoms with Crippen molar-refractivity contribution < 1.29 is 4.79 Å². The molecule has 1 amide bonds. The average Bonchev–Trinajstić information content (AvgIpc) is 3.07. The maximum Gasteiger partial charge on any atom is 0.232 e. The summed E-state index contributed by atoms with van der Waals surface area (Å²) in [7, 11) is 0. The van der Waals surface area contributed by atoms with E-state index in [2.05, 4.69) is 30.0 Å². The van der Waals surface area contributed by atoms with E-state index in [0.29, 0.717) is 11.7 Å². The minimum Gasteiger partial charge on any atom is -0.342 e. The summed E-state index contributed by atoms with van der Waals surface area (Å²) in [5, 5.41) is 1.21.